The highest BCUT2D eigenvalue weighted by Gasteiger charge is 2.37. The number of nitrogens with one attached hydrogen (secondary N) is 1. The molecule has 25 heavy (non-hydrogen) atoms. The van der Waals surface area contributed by atoms with Crippen LogP contribution in [0.4, 0.5) is 0 Å². The number of carbonyl (C=O) groups excluding carboxylic acids is 1. The Kier molecular flexibility index (Phi) is 6.98. The van der Waals surface area contributed by atoms with Gasteiger partial charge in [0.2, 0.25) is 15.9 Å². The fourth-order valence-corrected chi connectivity index (χ4v) is 4.13. The summed E-state index contributed by atoms with van der Waals surface area (Å²) in [5.74, 6) is -0.252. The molecular weight excluding hydrogens is 340 g/mol. The predicted octanol–water partition coefficient (Wildman–Crippen LogP) is 1.69. The number of sulfonamides is 1. The summed E-state index contributed by atoms with van der Waals surface area (Å²) in [5.41, 5.74) is 2.00. The lowest BCUT2D eigenvalue weighted by atomic mass is 9.95. The van der Waals surface area contributed by atoms with Crippen molar-refractivity contribution in [1.82, 2.24) is 9.62 Å². The SMILES string of the molecule is CCS(=O)(=O)N1Cc2ccccc2C[C@@H]1C(=O)NCCCOC(C)C. The molecule has 140 valence electrons. The van der Waals surface area contributed by atoms with Crippen LogP contribution < -0.4 is 5.32 Å². The van der Waals surface area contributed by atoms with Crippen LogP contribution in [0.25, 0.3) is 0 Å². The van der Waals surface area contributed by atoms with Crippen molar-refractivity contribution < 1.29 is 17.9 Å². The minimum absolute atomic E-state index is 0.0127. The van der Waals surface area contributed by atoms with Crippen molar-refractivity contribution in [2.45, 2.75) is 52.3 Å². The molecule has 1 aliphatic rings. The maximum Gasteiger partial charge on any atom is 0.238 e. The second kappa shape index (κ2) is 8.78. The lowest BCUT2D eigenvalue weighted by Crippen LogP contribution is -2.53. The summed E-state index contributed by atoms with van der Waals surface area (Å²) in [6.07, 6.45) is 1.27. The quantitative estimate of drug-likeness (QED) is 0.709. The molecule has 0 radical (unpaired) electrons. The average Bonchev–Trinajstić information content (AvgIpc) is 2.59. The van der Waals surface area contributed by atoms with Crippen molar-refractivity contribution in [3.05, 3.63) is 35.4 Å². The molecule has 0 aliphatic carbocycles. The number of nitrogens with zero attached hydrogens (tertiary/aromatic N) is 1. The van der Waals surface area contributed by atoms with Gasteiger partial charge < -0.3 is 10.1 Å². The van der Waals surface area contributed by atoms with Gasteiger partial charge in [-0.05, 0) is 44.7 Å². The van der Waals surface area contributed by atoms with Crippen molar-refractivity contribution >= 4 is 15.9 Å². The van der Waals surface area contributed by atoms with Crippen LogP contribution in [0, 0.1) is 0 Å². The first kappa shape index (κ1) is 19.9. The fourth-order valence-electron chi connectivity index (χ4n) is 2.90. The standard InChI is InChI=1S/C18H28N2O4S/c1-4-25(22,23)20-13-16-9-6-5-8-15(16)12-17(20)18(21)19-10-7-11-24-14(2)3/h5-6,8-9,14,17H,4,7,10-13H2,1-3H3,(H,19,21)/t17-/m1/s1. The molecule has 1 N–H and O–H groups in total. The van der Waals surface area contributed by atoms with E-state index in [2.05, 4.69) is 5.32 Å². The first-order valence-electron chi connectivity index (χ1n) is 8.80. The van der Waals surface area contributed by atoms with Crippen molar-refractivity contribution in [2.24, 2.45) is 0 Å². The van der Waals surface area contributed by atoms with Crippen LogP contribution in [-0.4, -0.2) is 49.7 Å². The number of hydrogen-bond donors (Lipinski definition) is 1. The Hall–Kier alpha value is -1.44. The highest BCUT2D eigenvalue weighted by atomic mass is 32.2. The van der Waals surface area contributed by atoms with Crippen molar-refractivity contribution in [2.75, 3.05) is 18.9 Å². The van der Waals surface area contributed by atoms with Crippen LogP contribution in [0.5, 0.6) is 0 Å². The van der Waals surface area contributed by atoms with Gasteiger partial charge >= 0.3 is 0 Å². The van der Waals surface area contributed by atoms with E-state index < -0.39 is 16.1 Å². The Morgan fingerprint density at radius 2 is 2.00 bits per heavy atom. The van der Waals surface area contributed by atoms with E-state index in [1.807, 2.05) is 38.1 Å². The molecule has 0 unspecified atom stereocenters. The van der Waals surface area contributed by atoms with Crippen LogP contribution in [-0.2, 0) is 32.5 Å². The van der Waals surface area contributed by atoms with Crippen LogP contribution in [0.3, 0.4) is 0 Å². The lowest BCUT2D eigenvalue weighted by Gasteiger charge is -2.34. The van der Waals surface area contributed by atoms with Gasteiger partial charge in [0, 0.05) is 19.7 Å². The zero-order valence-corrected chi connectivity index (χ0v) is 16.0. The molecule has 1 aromatic rings. The molecule has 2 rings (SSSR count). The van der Waals surface area contributed by atoms with E-state index in [0.29, 0.717) is 26.0 Å². The number of carbonyl (C=O) groups is 1. The maximum atomic E-state index is 12.6. The van der Waals surface area contributed by atoms with E-state index in [0.717, 1.165) is 11.1 Å². The first-order valence-corrected chi connectivity index (χ1v) is 10.4. The maximum absolute atomic E-state index is 12.6. The molecule has 1 atom stereocenters. The third-order valence-corrected chi connectivity index (χ3v) is 6.13. The summed E-state index contributed by atoms with van der Waals surface area (Å²) < 4.78 is 31.7. The molecule has 7 heteroatoms. The zero-order chi connectivity index (χ0) is 18.4. The Balaban J connectivity index is 2.06. The highest BCUT2D eigenvalue weighted by molar-refractivity contribution is 7.89. The molecule has 0 spiro atoms. The Labute approximate surface area is 150 Å². The first-order chi connectivity index (χ1) is 11.8. The smallest absolute Gasteiger partial charge is 0.238 e. The van der Waals surface area contributed by atoms with E-state index in [-0.39, 0.29) is 24.3 Å². The van der Waals surface area contributed by atoms with E-state index in [4.69, 9.17) is 4.74 Å². The van der Waals surface area contributed by atoms with Crippen LogP contribution in [0.15, 0.2) is 24.3 Å². The minimum Gasteiger partial charge on any atom is -0.379 e. The van der Waals surface area contributed by atoms with Gasteiger partial charge in [0.25, 0.3) is 0 Å². The Morgan fingerprint density at radius 1 is 1.32 bits per heavy atom. The largest absolute Gasteiger partial charge is 0.379 e. The fraction of sp³-hybridized carbons (Fsp3) is 0.611. The number of rotatable bonds is 8. The van der Waals surface area contributed by atoms with Gasteiger partial charge in [-0.1, -0.05) is 24.3 Å². The molecule has 0 aromatic heterocycles. The summed E-state index contributed by atoms with van der Waals surface area (Å²) in [5, 5.41) is 2.86. The topological polar surface area (TPSA) is 75.7 Å². The molecule has 0 bridgehead atoms. The van der Waals surface area contributed by atoms with Gasteiger partial charge in [-0.15, -0.1) is 0 Å². The number of amides is 1. The molecule has 1 amide bonds. The van der Waals surface area contributed by atoms with Gasteiger partial charge in [-0.3, -0.25) is 4.79 Å². The van der Waals surface area contributed by atoms with Crippen LogP contribution in [0.1, 0.15) is 38.3 Å². The number of hydrogen-bond acceptors (Lipinski definition) is 4. The number of benzene rings is 1. The third-order valence-electron chi connectivity index (χ3n) is 4.30. The van der Waals surface area contributed by atoms with Gasteiger partial charge in [0.1, 0.15) is 6.04 Å². The molecule has 0 saturated heterocycles. The average molecular weight is 368 g/mol. The Bertz CT molecular complexity index is 688. The van der Waals surface area contributed by atoms with E-state index in [1.165, 1.54) is 4.31 Å². The molecule has 0 saturated carbocycles. The van der Waals surface area contributed by atoms with Crippen molar-refractivity contribution in [3.8, 4) is 0 Å². The highest BCUT2D eigenvalue weighted by Crippen LogP contribution is 2.26. The van der Waals surface area contributed by atoms with Crippen molar-refractivity contribution in [3.63, 3.8) is 0 Å². The molecule has 6 nitrogen and oxygen atoms in total. The van der Waals surface area contributed by atoms with Crippen LogP contribution >= 0.6 is 0 Å². The zero-order valence-electron chi connectivity index (χ0n) is 15.2. The Morgan fingerprint density at radius 3 is 2.64 bits per heavy atom. The number of fused-ring (bicyclic) bond motifs is 1. The third kappa shape index (κ3) is 5.26. The normalized spacial score (nSPS) is 18.2. The van der Waals surface area contributed by atoms with Gasteiger partial charge in [0.05, 0.1) is 11.9 Å². The predicted molar refractivity (Wildman–Crippen MR) is 97.7 cm³/mol. The second-order valence-corrected chi connectivity index (χ2v) is 8.71. The van der Waals surface area contributed by atoms with Crippen molar-refractivity contribution in [1.29, 1.82) is 0 Å². The molecule has 1 heterocycles. The summed E-state index contributed by atoms with van der Waals surface area (Å²) in [4.78, 5) is 12.6. The summed E-state index contributed by atoms with van der Waals surface area (Å²) in [6.45, 7) is 6.83. The van der Waals surface area contributed by atoms with E-state index >= 15 is 0 Å². The summed E-state index contributed by atoms with van der Waals surface area (Å²) in [6, 6.07) is 7.00. The molecule has 1 aliphatic heterocycles. The van der Waals surface area contributed by atoms with E-state index in [9.17, 15) is 13.2 Å². The van der Waals surface area contributed by atoms with Gasteiger partial charge in [-0.2, -0.15) is 4.31 Å². The second-order valence-electron chi connectivity index (χ2n) is 6.50. The molecule has 1 aromatic carbocycles. The summed E-state index contributed by atoms with van der Waals surface area (Å²) >= 11 is 0. The monoisotopic (exact) mass is 368 g/mol. The lowest BCUT2D eigenvalue weighted by molar-refractivity contribution is -0.125. The molecule has 0 fully saturated rings. The van der Waals surface area contributed by atoms with Gasteiger partial charge in [-0.25, -0.2) is 8.42 Å². The molecular formula is C18H28N2O4S. The van der Waals surface area contributed by atoms with E-state index in [1.54, 1.807) is 6.92 Å². The number of ether oxygens (including phenoxy) is 1. The van der Waals surface area contributed by atoms with Crippen LogP contribution in [0.2, 0.25) is 0 Å². The summed E-state index contributed by atoms with van der Waals surface area (Å²) in [7, 11) is -3.46. The van der Waals surface area contributed by atoms with Gasteiger partial charge in [0.15, 0.2) is 0 Å². The minimum atomic E-state index is -3.46.